The summed E-state index contributed by atoms with van der Waals surface area (Å²) in [4.78, 5) is 3.52. The molecule has 17 heavy (non-hydrogen) atoms. The minimum Gasteiger partial charge on any atom is -0.395 e. The van der Waals surface area contributed by atoms with E-state index in [1.807, 2.05) is 0 Å². The second kappa shape index (κ2) is 4.69. The van der Waals surface area contributed by atoms with Crippen LogP contribution in [0.25, 0.3) is 11.1 Å². The third kappa shape index (κ3) is 2.32. The molecule has 0 bridgehead atoms. The lowest BCUT2D eigenvalue weighted by atomic mass is 10.1. The van der Waals surface area contributed by atoms with Crippen molar-refractivity contribution in [3.8, 4) is 11.1 Å². The molecule has 1 aromatic heterocycles. The second-order valence-corrected chi connectivity index (χ2v) is 4.49. The van der Waals surface area contributed by atoms with Crippen molar-refractivity contribution in [1.29, 1.82) is 0 Å². The molecule has 2 rings (SSSR count). The molecule has 2 aromatic rings. The molecule has 88 valence electrons. The van der Waals surface area contributed by atoms with E-state index in [4.69, 9.17) is 40.5 Å². The van der Waals surface area contributed by atoms with Gasteiger partial charge in [0.05, 0.1) is 20.8 Å². The van der Waals surface area contributed by atoms with Crippen molar-refractivity contribution in [1.82, 2.24) is 4.98 Å². The van der Waals surface area contributed by atoms with Gasteiger partial charge in [0, 0.05) is 17.3 Å². The normalized spacial score (nSPS) is 10.6. The average molecular weight is 292 g/mol. The SMILES string of the molecule is Nc1cc(-c2ccc(Cl)c(Cl)c2Cl)cnc1F. The molecular formula is C11H6Cl3FN2. The lowest BCUT2D eigenvalue weighted by Gasteiger charge is -2.08. The number of benzene rings is 1. The highest BCUT2D eigenvalue weighted by molar-refractivity contribution is 6.49. The number of rotatable bonds is 1. The van der Waals surface area contributed by atoms with Crippen LogP contribution in [0.15, 0.2) is 24.4 Å². The van der Waals surface area contributed by atoms with Crippen LogP contribution in [0.4, 0.5) is 10.1 Å². The number of nitrogens with two attached hydrogens (primary N) is 1. The molecule has 2 N–H and O–H groups in total. The van der Waals surface area contributed by atoms with Crippen LogP contribution in [0.2, 0.25) is 15.1 Å². The van der Waals surface area contributed by atoms with Crippen molar-refractivity contribution in [2.45, 2.75) is 0 Å². The monoisotopic (exact) mass is 290 g/mol. The van der Waals surface area contributed by atoms with Crippen LogP contribution in [-0.2, 0) is 0 Å². The van der Waals surface area contributed by atoms with E-state index in [-0.39, 0.29) is 15.7 Å². The maximum atomic E-state index is 12.9. The van der Waals surface area contributed by atoms with Crippen molar-refractivity contribution in [2.75, 3.05) is 5.73 Å². The van der Waals surface area contributed by atoms with Gasteiger partial charge in [-0.05, 0) is 12.1 Å². The number of nitrogen functional groups attached to an aromatic ring is 1. The summed E-state index contributed by atoms with van der Waals surface area (Å²) < 4.78 is 12.9. The van der Waals surface area contributed by atoms with Crippen LogP contribution in [0.3, 0.4) is 0 Å². The lowest BCUT2D eigenvalue weighted by Crippen LogP contribution is -1.94. The molecule has 0 saturated heterocycles. The zero-order valence-electron chi connectivity index (χ0n) is 8.35. The van der Waals surface area contributed by atoms with Crippen LogP contribution in [0, 0.1) is 5.95 Å². The van der Waals surface area contributed by atoms with E-state index in [0.29, 0.717) is 16.1 Å². The molecule has 0 atom stereocenters. The topological polar surface area (TPSA) is 38.9 Å². The van der Waals surface area contributed by atoms with Gasteiger partial charge in [-0.25, -0.2) is 4.98 Å². The summed E-state index contributed by atoms with van der Waals surface area (Å²) in [5.41, 5.74) is 6.56. The van der Waals surface area contributed by atoms with Crippen LogP contribution in [-0.4, -0.2) is 4.98 Å². The third-order valence-electron chi connectivity index (χ3n) is 2.21. The van der Waals surface area contributed by atoms with Gasteiger partial charge in [-0.1, -0.05) is 40.9 Å². The van der Waals surface area contributed by atoms with Crippen LogP contribution >= 0.6 is 34.8 Å². The predicted molar refractivity (Wildman–Crippen MR) is 69.1 cm³/mol. The molecule has 0 aliphatic carbocycles. The highest BCUT2D eigenvalue weighted by atomic mass is 35.5. The summed E-state index contributed by atoms with van der Waals surface area (Å²) in [5.74, 6) is -0.718. The Hall–Kier alpha value is -1.03. The summed E-state index contributed by atoms with van der Waals surface area (Å²) in [7, 11) is 0. The highest BCUT2D eigenvalue weighted by Gasteiger charge is 2.12. The molecule has 0 unspecified atom stereocenters. The summed E-state index contributed by atoms with van der Waals surface area (Å²) in [5, 5.41) is 0.879. The fraction of sp³-hybridized carbons (Fsp3) is 0. The standard InChI is InChI=1S/C11H6Cl3FN2/c12-7-2-1-6(9(13)10(7)14)5-3-8(16)11(15)17-4-5/h1-4H,16H2. The highest BCUT2D eigenvalue weighted by Crippen LogP contribution is 2.38. The van der Waals surface area contributed by atoms with Gasteiger partial charge in [0.2, 0.25) is 5.95 Å². The van der Waals surface area contributed by atoms with Crippen molar-refractivity contribution >= 4 is 40.5 Å². The number of halogens is 4. The molecule has 2 nitrogen and oxygen atoms in total. The summed E-state index contributed by atoms with van der Waals surface area (Å²) >= 11 is 17.8. The molecule has 1 aromatic carbocycles. The molecule has 0 amide bonds. The molecule has 0 fully saturated rings. The molecule has 0 radical (unpaired) electrons. The van der Waals surface area contributed by atoms with Crippen molar-refractivity contribution in [3.05, 3.63) is 45.4 Å². The Bertz CT molecular complexity index is 587. The number of nitrogens with zero attached hydrogens (tertiary/aromatic N) is 1. The zero-order valence-corrected chi connectivity index (χ0v) is 10.6. The average Bonchev–Trinajstić information content (AvgIpc) is 2.30. The number of anilines is 1. The second-order valence-electron chi connectivity index (χ2n) is 3.33. The van der Waals surface area contributed by atoms with Gasteiger partial charge in [0.25, 0.3) is 0 Å². The molecule has 0 saturated carbocycles. The zero-order chi connectivity index (χ0) is 12.6. The van der Waals surface area contributed by atoms with Gasteiger partial charge in [-0.3, -0.25) is 0 Å². The number of hydrogen-bond donors (Lipinski definition) is 1. The van der Waals surface area contributed by atoms with E-state index in [9.17, 15) is 4.39 Å². The smallest absolute Gasteiger partial charge is 0.236 e. The third-order valence-corrected chi connectivity index (χ3v) is 3.51. The van der Waals surface area contributed by atoms with Gasteiger partial charge in [0.1, 0.15) is 0 Å². The van der Waals surface area contributed by atoms with E-state index in [1.165, 1.54) is 12.3 Å². The molecule has 1 heterocycles. The maximum absolute atomic E-state index is 12.9. The Morgan fingerprint density at radius 2 is 1.82 bits per heavy atom. The van der Waals surface area contributed by atoms with E-state index in [0.717, 1.165) is 0 Å². The number of pyridine rings is 1. The first-order valence-electron chi connectivity index (χ1n) is 4.55. The molecule has 6 heteroatoms. The van der Waals surface area contributed by atoms with E-state index >= 15 is 0 Å². The van der Waals surface area contributed by atoms with Gasteiger partial charge in [0.15, 0.2) is 0 Å². The van der Waals surface area contributed by atoms with Crippen LogP contribution in [0.1, 0.15) is 0 Å². The van der Waals surface area contributed by atoms with Gasteiger partial charge >= 0.3 is 0 Å². The molecule has 0 aliphatic rings. The summed E-state index contributed by atoms with van der Waals surface area (Å²) in [6, 6.07) is 4.71. The summed E-state index contributed by atoms with van der Waals surface area (Å²) in [6.07, 6.45) is 1.33. The Labute approximate surface area is 112 Å². The van der Waals surface area contributed by atoms with Crippen LogP contribution < -0.4 is 5.73 Å². The van der Waals surface area contributed by atoms with Gasteiger partial charge in [-0.15, -0.1) is 0 Å². The van der Waals surface area contributed by atoms with Crippen molar-refractivity contribution in [2.24, 2.45) is 0 Å². The molecule has 0 spiro atoms. The quantitative estimate of drug-likeness (QED) is 0.623. The van der Waals surface area contributed by atoms with Crippen molar-refractivity contribution in [3.63, 3.8) is 0 Å². The molecule has 0 aliphatic heterocycles. The Morgan fingerprint density at radius 1 is 1.12 bits per heavy atom. The fourth-order valence-electron chi connectivity index (χ4n) is 1.36. The first-order chi connectivity index (χ1) is 8.00. The first-order valence-corrected chi connectivity index (χ1v) is 5.69. The lowest BCUT2D eigenvalue weighted by molar-refractivity contribution is 0.589. The number of aromatic nitrogens is 1. The predicted octanol–water partition coefficient (Wildman–Crippen LogP) is 4.43. The minimum absolute atomic E-state index is 0.0513. The fourth-order valence-corrected chi connectivity index (χ4v) is 2.01. The molecular weight excluding hydrogens is 285 g/mol. The summed E-state index contributed by atoms with van der Waals surface area (Å²) in [6.45, 7) is 0. The van der Waals surface area contributed by atoms with Gasteiger partial charge in [-0.2, -0.15) is 4.39 Å². The Balaban J connectivity index is 2.61. The largest absolute Gasteiger partial charge is 0.395 e. The van der Waals surface area contributed by atoms with Gasteiger partial charge < -0.3 is 5.73 Å². The van der Waals surface area contributed by atoms with Crippen LogP contribution in [0.5, 0.6) is 0 Å². The number of hydrogen-bond acceptors (Lipinski definition) is 2. The Kier molecular flexibility index (Phi) is 3.43. The minimum atomic E-state index is -0.718. The Morgan fingerprint density at radius 3 is 2.47 bits per heavy atom. The maximum Gasteiger partial charge on any atom is 0.236 e. The first kappa shape index (κ1) is 12.4. The van der Waals surface area contributed by atoms with E-state index in [2.05, 4.69) is 4.98 Å². The van der Waals surface area contributed by atoms with E-state index in [1.54, 1.807) is 12.1 Å². The van der Waals surface area contributed by atoms with Crippen molar-refractivity contribution < 1.29 is 4.39 Å². The van der Waals surface area contributed by atoms with E-state index < -0.39 is 5.95 Å².